The molecule has 0 aliphatic carbocycles. The summed E-state index contributed by atoms with van der Waals surface area (Å²) in [6.45, 7) is 0.669. The lowest BCUT2D eigenvalue weighted by Gasteiger charge is -2.30. The molecule has 0 spiro atoms. The highest BCUT2D eigenvalue weighted by molar-refractivity contribution is 5.94. The van der Waals surface area contributed by atoms with Crippen LogP contribution < -0.4 is 0 Å². The zero-order valence-corrected chi connectivity index (χ0v) is 8.31. The molecule has 5 heteroatoms. The standard InChI is InChI=1S/C10H12N4O/c11-5-9-3-1-2-4-14(9)10(15)8-6-12-13-7-8/h6-7,9H,1-4H2,(H,12,13). The maximum atomic E-state index is 11.9. The van der Waals surface area contributed by atoms with E-state index in [1.54, 1.807) is 11.1 Å². The van der Waals surface area contributed by atoms with Crippen molar-refractivity contribution in [3.63, 3.8) is 0 Å². The van der Waals surface area contributed by atoms with E-state index in [2.05, 4.69) is 16.3 Å². The molecule has 1 N–H and O–H groups in total. The quantitative estimate of drug-likeness (QED) is 0.739. The van der Waals surface area contributed by atoms with Gasteiger partial charge in [0.15, 0.2) is 0 Å². The van der Waals surface area contributed by atoms with Crippen LogP contribution in [0.1, 0.15) is 29.6 Å². The molecule has 1 fully saturated rings. The average molecular weight is 204 g/mol. The summed E-state index contributed by atoms with van der Waals surface area (Å²) in [4.78, 5) is 13.6. The molecule has 0 radical (unpaired) electrons. The summed E-state index contributed by atoms with van der Waals surface area (Å²) in [6.07, 6.45) is 5.83. The zero-order valence-electron chi connectivity index (χ0n) is 8.31. The summed E-state index contributed by atoms with van der Waals surface area (Å²) in [5.74, 6) is -0.102. The van der Waals surface area contributed by atoms with Crippen molar-refractivity contribution in [3.05, 3.63) is 18.0 Å². The van der Waals surface area contributed by atoms with Crippen molar-refractivity contribution in [2.75, 3.05) is 6.54 Å². The normalized spacial score (nSPS) is 21.0. The summed E-state index contributed by atoms with van der Waals surface area (Å²) in [5.41, 5.74) is 0.525. The number of piperidine rings is 1. The Morgan fingerprint density at radius 3 is 3.20 bits per heavy atom. The lowest BCUT2D eigenvalue weighted by molar-refractivity contribution is 0.0670. The Morgan fingerprint density at radius 1 is 1.67 bits per heavy atom. The molecule has 0 saturated carbocycles. The minimum atomic E-state index is -0.277. The molecule has 0 aromatic carbocycles. The average Bonchev–Trinajstić information content (AvgIpc) is 2.81. The number of nitriles is 1. The van der Waals surface area contributed by atoms with Gasteiger partial charge in [-0.3, -0.25) is 9.89 Å². The molecule has 1 aromatic rings. The number of H-pyrrole nitrogens is 1. The minimum absolute atomic E-state index is 0.102. The first kappa shape index (κ1) is 9.71. The van der Waals surface area contributed by atoms with Crippen LogP contribution in [-0.4, -0.2) is 33.6 Å². The fourth-order valence-electron chi connectivity index (χ4n) is 1.84. The fraction of sp³-hybridized carbons (Fsp3) is 0.500. The number of hydrogen-bond acceptors (Lipinski definition) is 3. The molecule has 1 atom stereocenters. The van der Waals surface area contributed by atoms with Crippen LogP contribution in [0.5, 0.6) is 0 Å². The summed E-state index contributed by atoms with van der Waals surface area (Å²) in [6, 6.07) is 1.89. The molecule has 78 valence electrons. The number of nitrogens with zero attached hydrogens (tertiary/aromatic N) is 3. The number of hydrogen-bond donors (Lipinski definition) is 1. The Hall–Kier alpha value is -1.83. The molecule has 0 bridgehead atoms. The van der Waals surface area contributed by atoms with Gasteiger partial charge in [-0.1, -0.05) is 0 Å². The first-order valence-corrected chi connectivity index (χ1v) is 5.02. The largest absolute Gasteiger partial charge is 0.323 e. The van der Waals surface area contributed by atoms with Crippen molar-refractivity contribution in [3.8, 4) is 6.07 Å². The van der Waals surface area contributed by atoms with Crippen LogP contribution in [0.15, 0.2) is 12.4 Å². The number of rotatable bonds is 1. The van der Waals surface area contributed by atoms with Crippen LogP contribution in [0.25, 0.3) is 0 Å². The van der Waals surface area contributed by atoms with Gasteiger partial charge in [0.05, 0.1) is 17.8 Å². The number of aromatic nitrogens is 2. The second-order valence-electron chi connectivity index (χ2n) is 3.63. The number of amides is 1. The van der Waals surface area contributed by atoms with Crippen LogP contribution in [0.3, 0.4) is 0 Å². The Kier molecular flexibility index (Phi) is 2.68. The first-order chi connectivity index (χ1) is 7.33. The van der Waals surface area contributed by atoms with Crippen molar-refractivity contribution >= 4 is 5.91 Å². The zero-order chi connectivity index (χ0) is 10.7. The van der Waals surface area contributed by atoms with E-state index in [-0.39, 0.29) is 11.9 Å². The third kappa shape index (κ3) is 1.84. The fourth-order valence-corrected chi connectivity index (χ4v) is 1.84. The highest BCUT2D eigenvalue weighted by Crippen LogP contribution is 2.18. The molecule has 15 heavy (non-hydrogen) atoms. The highest BCUT2D eigenvalue weighted by Gasteiger charge is 2.27. The number of carbonyl (C=O) groups excluding carboxylic acids is 1. The molecule has 1 aromatic heterocycles. The smallest absolute Gasteiger partial charge is 0.258 e. The predicted octanol–water partition coefficient (Wildman–Crippen LogP) is 0.928. The molecule has 1 unspecified atom stereocenters. The monoisotopic (exact) mass is 204 g/mol. The molecular formula is C10H12N4O. The van der Waals surface area contributed by atoms with Crippen molar-refractivity contribution < 1.29 is 4.79 Å². The van der Waals surface area contributed by atoms with E-state index in [9.17, 15) is 4.79 Å². The molecule has 2 rings (SSSR count). The minimum Gasteiger partial charge on any atom is -0.323 e. The molecule has 1 amide bonds. The Balaban J connectivity index is 2.15. The van der Waals surface area contributed by atoms with Crippen molar-refractivity contribution in [2.24, 2.45) is 0 Å². The third-order valence-corrected chi connectivity index (χ3v) is 2.66. The summed E-state index contributed by atoms with van der Waals surface area (Å²) < 4.78 is 0. The lowest BCUT2D eigenvalue weighted by Crippen LogP contribution is -2.42. The summed E-state index contributed by atoms with van der Waals surface area (Å²) in [5, 5.41) is 15.3. The first-order valence-electron chi connectivity index (χ1n) is 5.02. The Morgan fingerprint density at radius 2 is 2.53 bits per heavy atom. The lowest BCUT2D eigenvalue weighted by atomic mass is 10.0. The van der Waals surface area contributed by atoms with Crippen molar-refractivity contribution in [1.29, 1.82) is 5.26 Å². The number of aromatic amines is 1. The van der Waals surface area contributed by atoms with Gasteiger partial charge >= 0.3 is 0 Å². The van der Waals surface area contributed by atoms with E-state index in [1.165, 1.54) is 6.20 Å². The van der Waals surface area contributed by atoms with Crippen molar-refractivity contribution in [1.82, 2.24) is 15.1 Å². The van der Waals surface area contributed by atoms with Crippen LogP contribution in [0, 0.1) is 11.3 Å². The molecule has 5 nitrogen and oxygen atoms in total. The second kappa shape index (κ2) is 4.13. The number of nitrogens with one attached hydrogen (secondary N) is 1. The van der Waals surface area contributed by atoms with Crippen LogP contribution in [-0.2, 0) is 0 Å². The van der Waals surface area contributed by atoms with E-state index in [4.69, 9.17) is 5.26 Å². The highest BCUT2D eigenvalue weighted by atomic mass is 16.2. The van der Waals surface area contributed by atoms with Gasteiger partial charge < -0.3 is 4.90 Å². The second-order valence-corrected chi connectivity index (χ2v) is 3.63. The van der Waals surface area contributed by atoms with Crippen LogP contribution >= 0.6 is 0 Å². The van der Waals surface area contributed by atoms with E-state index in [1.807, 2.05) is 0 Å². The van der Waals surface area contributed by atoms with Gasteiger partial charge in [0.25, 0.3) is 5.91 Å². The third-order valence-electron chi connectivity index (χ3n) is 2.66. The SMILES string of the molecule is N#CC1CCCCN1C(=O)c1cn[nH]c1. The van der Waals surface area contributed by atoms with Gasteiger partial charge in [-0.2, -0.15) is 10.4 Å². The Labute approximate surface area is 87.7 Å². The van der Waals surface area contributed by atoms with E-state index in [0.29, 0.717) is 12.1 Å². The van der Waals surface area contributed by atoms with Crippen molar-refractivity contribution in [2.45, 2.75) is 25.3 Å². The van der Waals surface area contributed by atoms with Gasteiger partial charge in [0, 0.05) is 12.7 Å². The van der Waals surface area contributed by atoms with E-state index >= 15 is 0 Å². The van der Waals surface area contributed by atoms with Gasteiger partial charge in [-0.15, -0.1) is 0 Å². The predicted molar refractivity (Wildman–Crippen MR) is 52.9 cm³/mol. The summed E-state index contributed by atoms with van der Waals surface area (Å²) in [7, 11) is 0. The van der Waals surface area contributed by atoms with E-state index < -0.39 is 0 Å². The molecular weight excluding hydrogens is 192 g/mol. The summed E-state index contributed by atoms with van der Waals surface area (Å²) >= 11 is 0. The van der Waals surface area contributed by atoms with Gasteiger partial charge in [0.1, 0.15) is 6.04 Å². The van der Waals surface area contributed by atoms with Gasteiger partial charge in [-0.25, -0.2) is 0 Å². The van der Waals surface area contributed by atoms with E-state index in [0.717, 1.165) is 19.3 Å². The maximum Gasteiger partial charge on any atom is 0.258 e. The van der Waals surface area contributed by atoms with Crippen LogP contribution in [0.4, 0.5) is 0 Å². The van der Waals surface area contributed by atoms with Gasteiger partial charge in [0.2, 0.25) is 0 Å². The number of carbonyl (C=O) groups is 1. The number of likely N-dealkylation sites (tertiary alicyclic amines) is 1. The van der Waals surface area contributed by atoms with Crippen LogP contribution in [0.2, 0.25) is 0 Å². The Bertz CT molecular complexity index is 379. The topological polar surface area (TPSA) is 72.8 Å². The maximum absolute atomic E-state index is 11.9. The molecule has 1 saturated heterocycles. The molecule has 1 aliphatic rings. The molecule has 2 heterocycles. The molecule has 1 aliphatic heterocycles. The van der Waals surface area contributed by atoms with Gasteiger partial charge in [-0.05, 0) is 19.3 Å².